The molecule has 0 bridgehead atoms. The van der Waals surface area contributed by atoms with Crippen LogP contribution in [0.25, 0.3) is 0 Å². The van der Waals surface area contributed by atoms with E-state index in [-0.39, 0.29) is 18.0 Å². The number of benzene rings is 1. The van der Waals surface area contributed by atoms with Gasteiger partial charge >= 0.3 is 0 Å². The molecule has 1 aromatic carbocycles. The first-order valence-electron chi connectivity index (χ1n) is 5.43. The van der Waals surface area contributed by atoms with E-state index in [4.69, 9.17) is 5.73 Å². The van der Waals surface area contributed by atoms with Gasteiger partial charge in [0.25, 0.3) is 0 Å². The van der Waals surface area contributed by atoms with Crippen molar-refractivity contribution < 1.29 is 4.79 Å². The van der Waals surface area contributed by atoms with Crippen molar-refractivity contribution in [1.29, 1.82) is 0 Å². The summed E-state index contributed by atoms with van der Waals surface area (Å²) in [5, 5.41) is 0. The van der Waals surface area contributed by atoms with Gasteiger partial charge in [0.1, 0.15) is 0 Å². The smallest absolute Gasteiger partial charge is 0.228 e. The Morgan fingerprint density at radius 1 is 1.33 bits per heavy atom. The highest BCUT2D eigenvalue weighted by molar-refractivity contribution is 5.98. The maximum atomic E-state index is 11.8. The number of hydrogen-bond donors (Lipinski definition) is 1. The lowest BCUT2D eigenvalue weighted by Crippen LogP contribution is -2.43. The maximum Gasteiger partial charge on any atom is 0.228 e. The quantitative estimate of drug-likeness (QED) is 0.684. The van der Waals surface area contributed by atoms with E-state index in [2.05, 4.69) is 6.07 Å². The number of anilines is 1. The second-order valence-corrected chi connectivity index (χ2v) is 4.37. The first-order valence-corrected chi connectivity index (χ1v) is 5.43. The third-order valence-corrected chi connectivity index (χ3v) is 3.47. The molecule has 2 unspecified atom stereocenters. The summed E-state index contributed by atoms with van der Waals surface area (Å²) in [6.07, 6.45) is 2.54. The van der Waals surface area contributed by atoms with Crippen molar-refractivity contribution in [2.75, 3.05) is 4.90 Å². The van der Waals surface area contributed by atoms with Gasteiger partial charge in [-0.15, -0.1) is 0 Å². The highest BCUT2D eigenvalue weighted by Gasteiger charge is 2.41. The molecule has 2 aliphatic rings. The normalized spacial score (nSPS) is 28.9. The Labute approximate surface area is 88.9 Å². The van der Waals surface area contributed by atoms with Gasteiger partial charge in [-0.1, -0.05) is 18.2 Å². The zero-order valence-electron chi connectivity index (χ0n) is 8.52. The Morgan fingerprint density at radius 3 is 3.00 bits per heavy atom. The number of amides is 1. The van der Waals surface area contributed by atoms with Crippen LogP contribution in [0.2, 0.25) is 0 Å². The first kappa shape index (κ1) is 8.92. The van der Waals surface area contributed by atoms with Crippen LogP contribution in [0.4, 0.5) is 5.69 Å². The van der Waals surface area contributed by atoms with Crippen LogP contribution in [0.15, 0.2) is 24.3 Å². The van der Waals surface area contributed by atoms with E-state index in [0.717, 1.165) is 18.5 Å². The second kappa shape index (κ2) is 3.07. The molecule has 15 heavy (non-hydrogen) atoms. The SMILES string of the molecule is NC1CC(=O)N2c3ccccc3CCC12. The van der Waals surface area contributed by atoms with E-state index < -0.39 is 0 Å². The van der Waals surface area contributed by atoms with Crippen LogP contribution in [0, 0.1) is 0 Å². The molecule has 0 saturated carbocycles. The van der Waals surface area contributed by atoms with Crippen LogP contribution >= 0.6 is 0 Å². The lowest BCUT2D eigenvalue weighted by Gasteiger charge is -2.33. The molecule has 2 aliphatic heterocycles. The number of nitrogens with two attached hydrogens (primary N) is 1. The lowest BCUT2D eigenvalue weighted by atomic mass is 9.95. The Morgan fingerprint density at radius 2 is 2.13 bits per heavy atom. The minimum atomic E-state index is 0.0193. The maximum absolute atomic E-state index is 11.8. The highest BCUT2D eigenvalue weighted by atomic mass is 16.2. The van der Waals surface area contributed by atoms with E-state index in [1.807, 2.05) is 23.1 Å². The van der Waals surface area contributed by atoms with Crippen molar-refractivity contribution in [3.8, 4) is 0 Å². The number of nitrogens with zero attached hydrogens (tertiary/aromatic N) is 1. The van der Waals surface area contributed by atoms with Crippen LogP contribution in [-0.2, 0) is 11.2 Å². The Kier molecular flexibility index (Phi) is 1.83. The Hall–Kier alpha value is -1.35. The van der Waals surface area contributed by atoms with E-state index in [0.29, 0.717) is 6.42 Å². The fourth-order valence-corrected chi connectivity index (χ4v) is 2.73. The van der Waals surface area contributed by atoms with Gasteiger partial charge in [0, 0.05) is 18.2 Å². The molecule has 3 nitrogen and oxygen atoms in total. The number of carbonyl (C=O) groups excluding carboxylic acids is 1. The van der Waals surface area contributed by atoms with Gasteiger partial charge in [0.2, 0.25) is 5.91 Å². The minimum Gasteiger partial charge on any atom is -0.325 e. The third kappa shape index (κ3) is 1.20. The van der Waals surface area contributed by atoms with Gasteiger partial charge in [-0.05, 0) is 24.5 Å². The second-order valence-electron chi connectivity index (χ2n) is 4.37. The van der Waals surface area contributed by atoms with Crippen LogP contribution in [0.1, 0.15) is 18.4 Å². The van der Waals surface area contributed by atoms with Crippen molar-refractivity contribution in [3.05, 3.63) is 29.8 Å². The molecule has 1 fully saturated rings. The molecule has 0 aliphatic carbocycles. The van der Waals surface area contributed by atoms with Crippen LogP contribution in [0.3, 0.4) is 0 Å². The molecule has 2 atom stereocenters. The first-order chi connectivity index (χ1) is 7.27. The number of rotatable bonds is 0. The van der Waals surface area contributed by atoms with E-state index in [1.165, 1.54) is 5.56 Å². The zero-order valence-corrected chi connectivity index (χ0v) is 8.52. The predicted molar refractivity (Wildman–Crippen MR) is 58.6 cm³/mol. The summed E-state index contributed by atoms with van der Waals surface area (Å²) < 4.78 is 0. The van der Waals surface area contributed by atoms with Gasteiger partial charge in [0.05, 0.1) is 6.04 Å². The van der Waals surface area contributed by atoms with Gasteiger partial charge in [0.15, 0.2) is 0 Å². The predicted octanol–water partition coefficient (Wildman–Crippen LogP) is 1.07. The fraction of sp³-hybridized carbons (Fsp3) is 0.417. The van der Waals surface area contributed by atoms with E-state index in [9.17, 15) is 4.79 Å². The highest BCUT2D eigenvalue weighted by Crippen LogP contribution is 2.35. The summed E-state index contributed by atoms with van der Waals surface area (Å²) in [7, 11) is 0. The third-order valence-electron chi connectivity index (χ3n) is 3.47. The largest absolute Gasteiger partial charge is 0.325 e. The van der Waals surface area contributed by atoms with Crippen LogP contribution in [-0.4, -0.2) is 18.0 Å². The van der Waals surface area contributed by atoms with Crippen LogP contribution < -0.4 is 10.6 Å². The van der Waals surface area contributed by atoms with Crippen molar-refractivity contribution >= 4 is 11.6 Å². The van der Waals surface area contributed by atoms with Crippen LogP contribution in [0.5, 0.6) is 0 Å². The van der Waals surface area contributed by atoms with Crippen molar-refractivity contribution in [1.82, 2.24) is 0 Å². The summed E-state index contributed by atoms with van der Waals surface area (Å²) in [5.74, 6) is 0.180. The molecule has 2 N–H and O–H groups in total. The van der Waals surface area contributed by atoms with Gasteiger partial charge in [-0.3, -0.25) is 4.79 Å². The van der Waals surface area contributed by atoms with E-state index in [1.54, 1.807) is 0 Å². The summed E-state index contributed by atoms with van der Waals surface area (Å²) >= 11 is 0. The number of hydrogen-bond acceptors (Lipinski definition) is 2. The van der Waals surface area contributed by atoms with E-state index >= 15 is 0 Å². The molecule has 1 aromatic rings. The van der Waals surface area contributed by atoms with Gasteiger partial charge in [-0.25, -0.2) is 0 Å². The fourth-order valence-electron chi connectivity index (χ4n) is 2.73. The average Bonchev–Trinajstić information content (AvgIpc) is 2.55. The van der Waals surface area contributed by atoms with Gasteiger partial charge in [-0.2, -0.15) is 0 Å². The Balaban J connectivity index is 2.09. The summed E-state index contributed by atoms with van der Waals surface area (Å²) in [6, 6.07) is 8.39. The Bertz CT molecular complexity index is 416. The monoisotopic (exact) mass is 202 g/mol. The molecule has 2 heterocycles. The molecule has 0 spiro atoms. The van der Waals surface area contributed by atoms with Gasteiger partial charge < -0.3 is 10.6 Å². The summed E-state index contributed by atoms with van der Waals surface area (Å²) in [5.41, 5.74) is 8.32. The molecule has 0 aromatic heterocycles. The number of fused-ring (bicyclic) bond motifs is 3. The molecule has 3 heteroatoms. The molecule has 78 valence electrons. The molecule has 3 rings (SSSR count). The molecule has 1 saturated heterocycles. The van der Waals surface area contributed by atoms with Crippen molar-refractivity contribution in [2.24, 2.45) is 5.73 Å². The summed E-state index contributed by atoms with van der Waals surface area (Å²) in [6.45, 7) is 0. The summed E-state index contributed by atoms with van der Waals surface area (Å²) in [4.78, 5) is 13.7. The zero-order chi connectivity index (χ0) is 10.4. The minimum absolute atomic E-state index is 0.0193. The average molecular weight is 202 g/mol. The molecular weight excluding hydrogens is 188 g/mol. The number of aryl methyl sites for hydroxylation is 1. The number of carbonyl (C=O) groups is 1. The van der Waals surface area contributed by atoms with Crippen molar-refractivity contribution in [3.63, 3.8) is 0 Å². The topological polar surface area (TPSA) is 46.3 Å². The lowest BCUT2D eigenvalue weighted by molar-refractivity contribution is -0.117. The standard InChI is InChI=1S/C12H14N2O/c13-9-7-12(15)14-10-4-2-1-3-8(10)5-6-11(9)14/h1-4,9,11H,5-7,13H2. The molecular formula is C12H14N2O. The molecule has 0 radical (unpaired) electrons. The van der Waals surface area contributed by atoms with Crippen molar-refractivity contribution in [2.45, 2.75) is 31.3 Å². The number of para-hydroxylation sites is 1. The molecule has 1 amide bonds.